The number of nitro groups is 2. The van der Waals surface area contributed by atoms with Crippen molar-refractivity contribution in [2.45, 2.75) is 4.90 Å². The summed E-state index contributed by atoms with van der Waals surface area (Å²) in [5.41, 5.74) is -2.77. The number of esters is 1. The molecule has 0 unspecified atom stereocenters. The first-order valence-electron chi connectivity index (χ1n) is 5.14. The maximum Gasteiger partial charge on any atom is 0.346 e. The number of sulfonamides is 1. The van der Waals surface area contributed by atoms with E-state index in [9.17, 15) is 33.4 Å². The Morgan fingerprint density at radius 1 is 1.24 bits per heavy atom. The highest BCUT2D eigenvalue weighted by atomic mass is 32.2. The molecule has 0 amide bonds. The summed E-state index contributed by atoms with van der Waals surface area (Å²) in [5, 5.41) is 21.7. The number of benzene rings is 1. The van der Waals surface area contributed by atoms with Crippen LogP contribution in [0.25, 0.3) is 0 Å². The molecular weight excluding hydrogens is 310 g/mol. The summed E-state index contributed by atoms with van der Waals surface area (Å²) in [6, 6.07) is 1.03. The van der Waals surface area contributed by atoms with Gasteiger partial charge < -0.3 is 4.74 Å². The summed E-state index contributed by atoms with van der Waals surface area (Å²) in [6.45, 7) is 0. The van der Waals surface area contributed by atoms with Gasteiger partial charge in [-0.05, 0) is 7.05 Å². The van der Waals surface area contributed by atoms with Gasteiger partial charge in [0.1, 0.15) is 4.90 Å². The molecule has 0 saturated heterocycles. The normalized spacial score (nSPS) is 11.0. The Balaban J connectivity index is 3.93. The van der Waals surface area contributed by atoms with Crippen LogP contribution in [-0.2, 0) is 14.8 Å². The van der Waals surface area contributed by atoms with Gasteiger partial charge in [-0.25, -0.2) is 17.9 Å². The smallest absolute Gasteiger partial charge is 0.346 e. The number of rotatable bonds is 5. The van der Waals surface area contributed by atoms with Crippen LogP contribution in [0.4, 0.5) is 11.4 Å². The van der Waals surface area contributed by atoms with Crippen molar-refractivity contribution in [3.63, 3.8) is 0 Å². The number of ether oxygens (including phenoxy) is 1. The molecular formula is C9H9N3O8S. The number of methoxy groups -OCH3 is 1. The van der Waals surface area contributed by atoms with Crippen molar-refractivity contribution < 1.29 is 27.8 Å². The Hall–Kier alpha value is -2.60. The second kappa shape index (κ2) is 5.80. The Labute approximate surface area is 117 Å². The first kappa shape index (κ1) is 16.5. The van der Waals surface area contributed by atoms with Crippen LogP contribution in [0.2, 0.25) is 0 Å². The number of hydrogen-bond donors (Lipinski definition) is 1. The van der Waals surface area contributed by atoms with Crippen LogP contribution in [0.3, 0.4) is 0 Å². The molecule has 1 N–H and O–H groups in total. The van der Waals surface area contributed by atoms with Crippen molar-refractivity contribution in [2.24, 2.45) is 0 Å². The van der Waals surface area contributed by atoms with Crippen LogP contribution >= 0.6 is 0 Å². The van der Waals surface area contributed by atoms with E-state index in [1.54, 1.807) is 0 Å². The van der Waals surface area contributed by atoms with Gasteiger partial charge in [0.25, 0.3) is 11.4 Å². The van der Waals surface area contributed by atoms with E-state index >= 15 is 0 Å². The van der Waals surface area contributed by atoms with Crippen molar-refractivity contribution in [1.29, 1.82) is 0 Å². The summed E-state index contributed by atoms with van der Waals surface area (Å²) in [6.07, 6.45) is 0. The highest BCUT2D eigenvalue weighted by Crippen LogP contribution is 2.31. The first-order chi connectivity index (χ1) is 9.65. The van der Waals surface area contributed by atoms with Crippen molar-refractivity contribution >= 4 is 27.4 Å². The maximum absolute atomic E-state index is 11.8. The van der Waals surface area contributed by atoms with Crippen LogP contribution in [0.15, 0.2) is 17.0 Å². The van der Waals surface area contributed by atoms with Crippen molar-refractivity contribution in [2.75, 3.05) is 14.2 Å². The summed E-state index contributed by atoms with van der Waals surface area (Å²) >= 11 is 0. The molecule has 0 radical (unpaired) electrons. The molecule has 0 aliphatic heterocycles. The fourth-order valence-corrected chi connectivity index (χ4v) is 2.42. The third kappa shape index (κ3) is 3.11. The first-order valence-corrected chi connectivity index (χ1v) is 6.62. The number of nitrogens with zero attached hydrogens (tertiary/aromatic N) is 2. The molecule has 0 aliphatic rings. The van der Waals surface area contributed by atoms with Crippen molar-refractivity contribution in [1.82, 2.24) is 4.72 Å². The topological polar surface area (TPSA) is 159 Å². The zero-order valence-electron chi connectivity index (χ0n) is 10.7. The number of carbonyl (C=O) groups excluding carboxylic acids is 1. The summed E-state index contributed by atoms with van der Waals surface area (Å²) < 4.78 is 29.8. The Bertz CT molecular complexity index is 727. The highest BCUT2D eigenvalue weighted by molar-refractivity contribution is 7.89. The van der Waals surface area contributed by atoms with Gasteiger partial charge >= 0.3 is 5.97 Å². The van der Waals surface area contributed by atoms with Gasteiger partial charge in [-0.3, -0.25) is 20.2 Å². The molecule has 0 heterocycles. The minimum atomic E-state index is -4.36. The van der Waals surface area contributed by atoms with Crippen LogP contribution < -0.4 is 4.72 Å². The number of nitrogens with one attached hydrogen (secondary N) is 1. The lowest BCUT2D eigenvalue weighted by molar-refractivity contribution is -0.394. The van der Waals surface area contributed by atoms with E-state index in [0.717, 1.165) is 14.2 Å². The summed E-state index contributed by atoms with van der Waals surface area (Å²) in [4.78, 5) is 30.3. The van der Waals surface area contributed by atoms with E-state index in [1.807, 2.05) is 4.72 Å². The Kier molecular flexibility index (Phi) is 4.55. The van der Waals surface area contributed by atoms with Crippen molar-refractivity contribution in [3.8, 4) is 0 Å². The number of carbonyl (C=O) groups is 1. The zero-order valence-corrected chi connectivity index (χ0v) is 11.5. The molecule has 114 valence electrons. The molecule has 21 heavy (non-hydrogen) atoms. The average molecular weight is 319 g/mol. The van der Waals surface area contributed by atoms with Crippen LogP contribution in [-0.4, -0.2) is 38.4 Å². The molecule has 0 atom stereocenters. The number of non-ortho nitro benzene ring substituents is 1. The quantitative estimate of drug-likeness (QED) is 0.457. The van der Waals surface area contributed by atoms with Gasteiger partial charge in [0.05, 0.1) is 23.0 Å². The van der Waals surface area contributed by atoms with Gasteiger partial charge in [-0.1, -0.05) is 0 Å². The van der Waals surface area contributed by atoms with E-state index in [0.29, 0.717) is 12.1 Å². The number of hydrogen-bond acceptors (Lipinski definition) is 8. The minimum absolute atomic E-state index is 0.487. The van der Waals surface area contributed by atoms with Crippen LogP contribution in [0, 0.1) is 20.2 Å². The SMILES string of the molecule is CNS(=O)(=O)c1cc([N+](=O)[O-])cc([N+](=O)[O-])c1C(=O)OC. The summed E-state index contributed by atoms with van der Waals surface area (Å²) in [5.74, 6) is -1.30. The molecule has 0 aromatic heterocycles. The van der Waals surface area contributed by atoms with E-state index in [2.05, 4.69) is 4.74 Å². The Morgan fingerprint density at radius 3 is 2.19 bits per heavy atom. The number of nitro benzene ring substituents is 2. The predicted molar refractivity (Wildman–Crippen MR) is 67.3 cm³/mol. The van der Waals surface area contributed by atoms with E-state index < -0.39 is 47.7 Å². The zero-order chi connectivity index (χ0) is 16.4. The third-order valence-corrected chi connectivity index (χ3v) is 3.86. The molecule has 11 nitrogen and oxygen atoms in total. The molecule has 12 heteroatoms. The van der Waals surface area contributed by atoms with E-state index in [-0.39, 0.29) is 0 Å². The monoisotopic (exact) mass is 319 g/mol. The van der Waals surface area contributed by atoms with Gasteiger partial charge in [-0.2, -0.15) is 0 Å². The second-order valence-corrected chi connectivity index (χ2v) is 5.41. The average Bonchev–Trinajstić information content (AvgIpc) is 2.44. The van der Waals surface area contributed by atoms with Gasteiger partial charge in [0, 0.05) is 6.07 Å². The van der Waals surface area contributed by atoms with Gasteiger partial charge in [-0.15, -0.1) is 0 Å². The molecule has 1 aromatic carbocycles. The lowest BCUT2D eigenvalue weighted by Crippen LogP contribution is -2.23. The molecule has 0 aliphatic carbocycles. The van der Waals surface area contributed by atoms with Gasteiger partial charge in [0.15, 0.2) is 5.56 Å². The van der Waals surface area contributed by atoms with Crippen molar-refractivity contribution in [3.05, 3.63) is 37.9 Å². The van der Waals surface area contributed by atoms with E-state index in [4.69, 9.17) is 0 Å². The van der Waals surface area contributed by atoms with Crippen LogP contribution in [0.1, 0.15) is 10.4 Å². The lowest BCUT2D eigenvalue weighted by atomic mass is 10.1. The molecule has 1 rings (SSSR count). The Morgan fingerprint density at radius 2 is 1.81 bits per heavy atom. The lowest BCUT2D eigenvalue weighted by Gasteiger charge is -2.08. The standard InChI is InChI=1S/C9H9N3O8S/c1-10-21(18,19)7-4-5(11(14)15)3-6(12(16)17)8(7)9(13)20-2/h3-4,10H,1-2H3. The van der Waals surface area contributed by atoms with E-state index in [1.165, 1.54) is 0 Å². The fourth-order valence-electron chi connectivity index (χ4n) is 1.47. The molecule has 0 bridgehead atoms. The third-order valence-electron chi connectivity index (χ3n) is 2.42. The van der Waals surface area contributed by atoms with Crippen LogP contribution in [0.5, 0.6) is 0 Å². The predicted octanol–water partition coefficient (Wildman–Crippen LogP) is 0.198. The largest absolute Gasteiger partial charge is 0.465 e. The molecule has 1 aromatic rings. The summed E-state index contributed by atoms with van der Waals surface area (Å²) in [7, 11) is -2.48. The minimum Gasteiger partial charge on any atom is -0.465 e. The maximum atomic E-state index is 11.8. The highest BCUT2D eigenvalue weighted by Gasteiger charge is 2.34. The second-order valence-electron chi connectivity index (χ2n) is 3.55. The molecule has 0 spiro atoms. The van der Waals surface area contributed by atoms with Gasteiger partial charge in [0.2, 0.25) is 10.0 Å². The molecule has 0 saturated carbocycles. The fraction of sp³-hybridized carbons (Fsp3) is 0.222. The molecule has 0 fully saturated rings.